The number of thiazole rings is 1. The summed E-state index contributed by atoms with van der Waals surface area (Å²) in [6.45, 7) is 6.58. The van der Waals surface area contributed by atoms with Gasteiger partial charge in [-0.05, 0) is 56.6 Å². The highest BCUT2D eigenvalue weighted by molar-refractivity contribution is 7.16. The quantitative estimate of drug-likeness (QED) is 0.941. The van der Waals surface area contributed by atoms with Crippen molar-refractivity contribution in [2.24, 2.45) is 7.05 Å². The lowest BCUT2D eigenvalue weighted by molar-refractivity contribution is 0.182. The van der Waals surface area contributed by atoms with Crippen LogP contribution < -0.4 is 10.2 Å². The van der Waals surface area contributed by atoms with Crippen molar-refractivity contribution in [2.45, 2.75) is 38.8 Å². The van der Waals surface area contributed by atoms with E-state index < -0.39 is 0 Å². The Hall–Kier alpha value is -1.17. The first-order chi connectivity index (χ1) is 10.7. The van der Waals surface area contributed by atoms with E-state index in [-0.39, 0.29) is 4.87 Å². The molecule has 22 heavy (non-hydrogen) atoms. The summed E-state index contributed by atoms with van der Waals surface area (Å²) in [5, 5.41) is 3.49. The van der Waals surface area contributed by atoms with Crippen molar-refractivity contribution < 1.29 is 0 Å². The molecule has 4 nitrogen and oxygen atoms in total. The summed E-state index contributed by atoms with van der Waals surface area (Å²) in [6.07, 6.45) is 3.77. The highest BCUT2D eigenvalue weighted by Crippen LogP contribution is 2.21. The van der Waals surface area contributed by atoms with Crippen molar-refractivity contribution in [1.29, 1.82) is 0 Å². The summed E-state index contributed by atoms with van der Waals surface area (Å²) in [5.74, 6) is 0. The number of hydrogen-bond acceptors (Lipinski definition) is 4. The molecule has 1 aromatic heterocycles. The topological polar surface area (TPSA) is 37.3 Å². The molecule has 0 aliphatic carbocycles. The second-order valence-corrected chi connectivity index (χ2v) is 7.12. The molecule has 5 heteroatoms. The SMILES string of the molecule is CCN(Cc1ccc2c(c1)sc(=O)n2C)C1CCCNCC1. The van der Waals surface area contributed by atoms with Crippen LogP contribution >= 0.6 is 11.3 Å². The number of benzene rings is 1. The Balaban J connectivity index is 1.79. The van der Waals surface area contributed by atoms with Crippen LogP contribution in [-0.2, 0) is 13.6 Å². The molecule has 1 unspecified atom stereocenters. The molecule has 1 N–H and O–H groups in total. The summed E-state index contributed by atoms with van der Waals surface area (Å²) in [7, 11) is 1.84. The van der Waals surface area contributed by atoms with Crippen LogP contribution in [0.2, 0.25) is 0 Å². The Morgan fingerprint density at radius 1 is 1.36 bits per heavy atom. The lowest BCUT2D eigenvalue weighted by Gasteiger charge is -2.30. The molecule has 1 aliphatic rings. The molecule has 0 amide bonds. The van der Waals surface area contributed by atoms with Crippen LogP contribution in [0.4, 0.5) is 0 Å². The standard InChI is InChI=1S/C17H25N3OS/c1-3-20(14-5-4-9-18-10-8-14)12-13-6-7-15-16(11-13)22-17(21)19(15)2/h6-7,11,14,18H,3-5,8-10,12H2,1-2H3. The third kappa shape index (κ3) is 3.26. The third-order valence-corrected chi connectivity index (χ3v) is 5.71. The minimum atomic E-state index is 0.120. The summed E-state index contributed by atoms with van der Waals surface area (Å²) in [5.41, 5.74) is 2.36. The zero-order valence-electron chi connectivity index (χ0n) is 13.5. The van der Waals surface area contributed by atoms with Gasteiger partial charge in [0, 0.05) is 19.6 Å². The van der Waals surface area contributed by atoms with Crippen LogP contribution in [0.3, 0.4) is 0 Å². The number of aromatic nitrogens is 1. The first kappa shape index (κ1) is 15.7. The van der Waals surface area contributed by atoms with Crippen LogP contribution in [-0.4, -0.2) is 35.1 Å². The molecule has 0 spiro atoms. The fourth-order valence-corrected chi connectivity index (χ4v) is 4.32. The molecular weight excluding hydrogens is 294 g/mol. The van der Waals surface area contributed by atoms with Gasteiger partial charge in [0.1, 0.15) is 0 Å². The van der Waals surface area contributed by atoms with Gasteiger partial charge >= 0.3 is 4.87 Å². The van der Waals surface area contributed by atoms with Crippen LogP contribution in [0.1, 0.15) is 31.7 Å². The average molecular weight is 319 g/mol. The predicted octanol–water partition coefficient (Wildman–Crippen LogP) is 2.56. The van der Waals surface area contributed by atoms with Crippen molar-refractivity contribution >= 4 is 21.6 Å². The first-order valence-electron chi connectivity index (χ1n) is 8.22. The Bertz CT molecular complexity index is 683. The minimum absolute atomic E-state index is 0.120. The maximum Gasteiger partial charge on any atom is 0.307 e. The second kappa shape index (κ2) is 6.94. The molecular formula is C17H25N3OS. The number of nitrogens with one attached hydrogen (secondary N) is 1. The molecule has 0 saturated carbocycles. The maximum absolute atomic E-state index is 11.8. The molecule has 1 aliphatic heterocycles. The Morgan fingerprint density at radius 2 is 2.23 bits per heavy atom. The number of aryl methyl sites for hydroxylation is 1. The predicted molar refractivity (Wildman–Crippen MR) is 93.7 cm³/mol. The van der Waals surface area contributed by atoms with E-state index >= 15 is 0 Å². The van der Waals surface area contributed by atoms with E-state index in [1.54, 1.807) is 4.57 Å². The van der Waals surface area contributed by atoms with Crippen molar-refractivity contribution in [3.05, 3.63) is 33.4 Å². The van der Waals surface area contributed by atoms with E-state index in [9.17, 15) is 4.79 Å². The lowest BCUT2D eigenvalue weighted by atomic mass is 10.1. The minimum Gasteiger partial charge on any atom is -0.317 e. The van der Waals surface area contributed by atoms with Gasteiger partial charge < -0.3 is 9.88 Å². The highest BCUT2D eigenvalue weighted by atomic mass is 32.1. The molecule has 120 valence electrons. The monoisotopic (exact) mass is 319 g/mol. The molecule has 1 fully saturated rings. The summed E-state index contributed by atoms with van der Waals surface area (Å²) in [4.78, 5) is 14.5. The maximum atomic E-state index is 11.8. The van der Waals surface area contributed by atoms with E-state index in [0.29, 0.717) is 6.04 Å². The van der Waals surface area contributed by atoms with Crippen LogP contribution in [0, 0.1) is 0 Å². The largest absolute Gasteiger partial charge is 0.317 e. The third-order valence-electron chi connectivity index (χ3n) is 4.71. The summed E-state index contributed by atoms with van der Waals surface area (Å²) >= 11 is 1.35. The Morgan fingerprint density at radius 3 is 3.05 bits per heavy atom. The van der Waals surface area contributed by atoms with E-state index in [0.717, 1.165) is 36.4 Å². The molecule has 2 heterocycles. The van der Waals surface area contributed by atoms with Gasteiger partial charge in [0.2, 0.25) is 0 Å². The highest BCUT2D eigenvalue weighted by Gasteiger charge is 2.19. The van der Waals surface area contributed by atoms with E-state index in [2.05, 4.69) is 35.3 Å². The second-order valence-electron chi connectivity index (χ2n) is 6.13. The van der Waals surface area contributed by atoms with Crippen molar-refractivity contribution in [3.63, 3.8) is 0 Å². The first-order valence-corrected chi connectivity index (χ1v) is 9.04. The van der Waals surface area contributed by atoms with Gasteiger partial charge in [-0.2, -0.15) is 0 Å². The summed E-state index contributed by atoms with van der Waals surface area (Å²) < 4.78 is 2.84. The lowest BCUT2D eigenvalue weighted by Crippen LogP contribution is -2.35. The molecule has 0 bridgehead atoms. The zero-order valence-corrected chi connectivity index (χ0v) is 14.3. The average Bonchev–Trinajstić information content (AvgIpc) is 2.73. The number of fused-ring (bicyclic) bond motifs is 1. The number of nitrogens with zero attached hydrogens (tertiary/aromatic N) is 2. The van der Waals surface area contributed by atoms with E-state index in [4.69, 9.17) is 0 Å². The van der Waals surface area contributed by atoms with Gasteiger partial charge in [-0.3, -0.25) is 9.69 Å². The van der Waals surface area contributed by atoms with Gasteiger partial charge in [-0.15, -0.1) is 0 Å². The fraction of sp³-hybridized carbons (Fsp3) is 0.588. The van der Waals surface area contributed by atoms with Crippen LogP contribution in [0.25, 0.3) is 10.2 Å². The molecule has 1 saturated heterocycles. The summed E-state index contributed by atoms with van der Waals surface area (Å²) in [6, 6.07) is 7.13. The van der Waals surface area contributed by atoms with E-state index in [1.165, 1.54) is 36.2 Å². The zero-order chi connectivity index (χ0) is 15.5. The van der Waals surface area contributed by atoms with Gasteiger partial charge in [-0.1, -0.05) is 24.3 Å². The number of hydrogen-bond donors (Lipinski definition) is 1. The van der Waals surface area contributed by atoms with Crippen LogP contribution in [0.5, 0.6) is 0 Å². The van der Waals surface area contributed by atoms with Crippen molar-refractivity contribution in [3.8, 4) is 0 Å². The molecule has 0 radical (unpaired) electrons. The normalized spacial score (nSPS) is 19.7. The molecule has 1 atom stereocenters. The molecule has 3 rings (SSSR count). The van der Waals surface area contributed by atoms with Gasteiger partial charge in [0.25, 0.3) is 0 Å². The molecule has 2 aromatic rings. The van der Waals surface area contributed by atoms with Gasteiger partial charge in [0.05, 0.1) is 10.2 Å². The Kier molecular flexibility index (Phi) is 4.96. The van der Waals surface area contributed by atoms with Crippen LogP contribution in [0.15, 0.2) is 23.0 Å². The van der Waals surface area contributed by atoms with Crippen molar-refractivity contribution in [1.82, 2.24) is 14.8 Å². The smallest absolute Gasteiger partial charge is 0.307 e. The Labute approximate surface area is 135 Å². The molecule has 1 aromatic carbocycles. The van der Waals surface area contributed by atoms with E-state index in [1.807, 2.05) is 7.05 Å². The fourth-order valence-electron chi connectivity index (χ4n) is 3.38. The van der Waals surface area contributed by atoms with Gasteiger partial charge in [-0.25, -0.2) is 0 Å². The van der Waals surface area contributed by atoms with Crippen molar-refractivity contribution in [2.75, 3.05) is 19.6 Å². The number of rotatable bonds is 4. The van der Waals surface area contributed by atoms with Gasteiger partial charge in [0.15, 0.2) is 0 Å².